The first-order chi connectivity index (χ1) is 33.3. The summed E-state index contributed by atoms with van der Waals surface area (Å²) >= 11 is 2.45. The molecular formula is C46H66N8O14S2. The fourth-order valence-corrected chi connectivity index (χ4v) is 10.2. The van der Waals surface area contributed by atoms with E-state index in [-0.39, 0.29) is 56.8 Å². The van der Waals surface area contributed by atoms with Crippen LogP contribution in [0.2, 0.25) is 0 Å². The number of aliphatic hydroxyl groups excluding tert-OH is 3. The highest BCUT2D eigenvalue weighted by molar-refractivity contribution is 7.99. The number of H-pyrrole nitrogens is 1. The number of benzene rings is 1. The molecule has 1 aromatic carbocycles. The average Bonchev–Trinajstić information content (AvgIpc) is 3.88. The molecular weight excluding hydrogens is 953 g/mol. The predicted molar refractivity (Wildman–Crippen MR) is 257 cm³/mol. The zero-order chi connectivity index (χ0) is 51.2. The maximum Gasteiger partial charge on any atom is 0.407 e. The highest BCUT2D eigenvalue weighted by atomic mass is 32.2. The van der Waals surface area contributed by atoms with E-state index in [1.807, 2.05) is 6.26 Å². The van der Waals surface area contributed by atoms with E-state index in [4.69, 9.17) is 4.74 Å². The number of carbonyl (C=O) groups excluding carboxylic acids is 9. The van der Waals surface area contributed by atoms with E-state index >= 15 is 0 Å². The SMILES string of the molecule is CCC(C)[C@@H]1NC(=O)CNC(=O)[C@@H]2Cc3c([nH]c4cc(O)ccc34)SC[C@@H](NC(=O)CCC1=O)C(=O)N[C@@H](CC(=O)CNC(=O)OCCSC)C(=O)N1C[C@H](O)C[C@H]1CC[C@@H]([C@H](C)[C@@H](O)CO)C(=O)N2. The van der Waals surface area contributed by atoms with E-state index in [1.54, 1.807) is 19.9 Å². The molecule has 1 unspecified atom stereocenters. The first-order valence-electron chi connectivity index (χ1n) is 23.5. The van der Waals surface area contributed by atoms with Crippen molar-refractivity contribution in [3.8, 4) is 5.75 Å². The smallest absolute Gasteiger partial charge is 0.407 e. The monoisotopic (exact) mass is 1020 g/mol. The van der Waals surface area contributed by atoms with Gasteiger partial charge in [-0.05, 0) is 55.1 Å². The maximum atomic E-state index is 14.7. The van der Waals surface area contributed by atoms with Gasteiger partial charge in [0.1, 0.15) is 30.5 Å². The molecule has 3 aliphatic heterocycles. The number of nitrogens with one attached hydrogen (secondary N) is 7. The van der Waals surface area contributed by atoms with Gasteiger partial charge in [0.05, 0.1) is 48.5 Å². The molecule has 1 aromatic heterocycles. The van der Waals surface area contributed by atoms with Crippen molar-refractivity contribution in [3.63, 3.8) is 0 Å². The second kappa shape index (κ2) is 26.1. The highest BCUT2D eigenvalue weighted by Gasteiger charge is 2.42. The highest BCUT2D eigenvalue weighted by Crippen LogP contribution is 2.34. The van der Waals surface area contributed by atoms with Gasteiger partial charge in [0.2, 0.25) is 35.4 Å². The number of phenolic OH excluding ortho intramolecular Hbond substituents is 1. The molecule has 7 amide bonds. The quantitative estimate of drug-likeness (QED) is 0.118. The number of amides is 7. The van der Waals surface area contributed by atoms with E-state index < -0.39 is 146 Å². The molecule has 3 aliphatic rings. The summed E-state index contributed by atoms with van der Waals surface area (Å²) in [5.74, 6) is -8.19. The van der Waals surface area contributed by atoms with E-state index in [9.17, 15) is 63.6 Å². The van der Waals surface area contributed by atoms with Crippen molar-refractivity contribution in [1.29, 1.82) is 0 Å². The third kappa shape index (κ3) is 15.0. The van der Waals surface area contributed by atoms with Crippen molar-refractivity contribution in [2.24, 2.45) is 17.8 Å². The van der Waals surface area contributed by atoms with Crippen LogP contribution in [0.3, 0.4) is 0 Å². The molecule has 2 aromatic rings. The number of carbonyl (C=O) groups is 9. The summed E-state index contributed by atoms with van der Waals surface area (Å²) in [7, 11) is 0. The van der Waals surface area contributed by atoms with Crippen molar-refractivity contribution in [2.45, 2.75) is 120 Å². The molecule has 2 bridgehead atoms. The van der Waals surface area contributed by atoms with Gasteiger partial charge in [-0.3, -0.25) is 38.4 Å². The number of Topliss-reactive ketones (excluding diaryl/α,β-unsaturated/α-hetero) is 2. The number of aromatic amines is 1. The van der Waals surface area contributed by atoms with Crippen molar-refractivity contribution in [1.82, 2.24) is 41.8 Å². The number of aliphatic hydroxyl groups is 3. The van der Waals surface area contributed by atoms with Crippen LogP contribution in [0.1, 0.15) is 71.3 Å². The Bertz CT molecular complexity index is 2250. The number of aromatic hydroxyl groups is 1. The number of phenols is 1. The molecule has 0 saturated carbocycles. The minimum atomic E-state index is -1.61. The van der Waals surface area contributed by atoms with Crippen LogP contribution in [0, 0.1) is 17.8 Å². The van der Waals surface area contributed by atoms with E-state index in [2.05, 4.69) is 36.9 Å². The van der Waals surface area contributed by atoms with E-state index in [0.29, 0.717) is 33.7 Å². The average molecular weight is 1020 g/mol. The number of ether oxygens (including phenoxy) is 1. The van der Waals surface area contributed by atoms with Crippen molar-refractivity contribution in [3.05, 3.63) is 23.8 Å². The van der Waals surface area contributed by atoms with Gasteiger partial charge in [-0.2, -0.15) is 11.8 Å². The lowest BCUT2D eigenvalue weighted by molar-refractivity contribution is -0.140. The number of hydrogen-bond donors (Lipinski definition) is 11. The first-order valence-corrected chi connectivity index (χ1v) is 25.9. The number of aromatic nitrogens is 1. The summed E-state index contributed by atoms with van der Waals surface area (Å²) in [6.45, 7) is 3.02. The molecule has 0 spiro atoms. The van der Waals surface area contributed by atoms with Crippen molar-refractivity contribution in [2.75, 3.05) is 50.6 Å². The lowest BCUT2D eigenvalue weighted by Crippen LogP contribution is -2.57. The van der Waals surface area contributed by atoms with Crippen LogP contribution in [0.4, 0.5) is 4.79 Å². The third-order valence-corrected chi connectivity index (χ3v) is 14.8. The van der Waals surface area contributed by atoms with Crippen LogP contribution in [-0.4, -0.2) is 176 Å². The fourth-order valence-electron chi connectivity index (χ4n) is 8.82. The van der Waals surface area contributed by atoms with Gasteiger partial charge in [0.25, 0.3) is 0 Å². The Hall–Kier alpha value is -5.43. The van der Waals surface area contributed by atoms with Gasteiger partial charge in [0.15, 0.2) is 11.6 Å². The number of nitrogens with zero attached hydrogens (tertiary/aromatic N) is 1. The zero-order valence-corrected chi connectivity index (χ0v) is 41.4. The summed E-state index contributed by atoms with van der Waals surface area (Å²) < 4.78 is 5.07. The molecule has 4 heterocycles. The largest absolute Gasteiger partial charge is 0.508 e. The van der Waals surface area contributed by atoms with Gasteiger partial charge in [-0.1, -0.05) is 27.2 Å². The zero-order valence-electron chi connectivity index (χ0n) is 39.7. The van der Waals surface area contributed by atoms with Crippen LogP contribution in [-0.2, 0) is 49.5 Å². The molecule has 0 aliphatic carbocycles. The van der Waals surface area contributed by atoms with Crippen LogP contribution >= 0.6 is 23.5 Å². The van der Waals surface area contributed by atoms with Crippen LogP contribution < -0.4 is 31.9 Å². The summed E-state index contributed by atoms with van der Waals surface area (Å²) in [5, 5.41) is 58.9. The fraction of sp³-hybridized carbons (Fsp3) is 0.630. The topological polar surface area (TPSA) is 335 Å². The Labute approximate surface area is 413 Å². The normalized spacial score (nSPS) is 26.1. The summed E-state index contributed by atoms with van der Waals surface area (Å²) in [6.07, 6.45) is -2.75. The van der Waals surface area contributed by atoms with Gasteiger partial charge in [0, 0.05) is 67.1 Å². The number of hydrogen-bond acceptors (Lipinski definition) is 16. The standard InChI is InChI=1S/C46H66N8O14S2/c1-5-23(2)40-36(59)10-11-38(61)49-35-22-70-44-31(30-9-7-26(56)15-32(30)52-44)17-33(42(64)47-19-39(62)53-40)50-41(63)29(24(3)37(60)21-55)8-6-25-14-28(58)20-54(25)45(66)34(51-43(35)65)16-27(57)18-48-46(67)68-12-13-69-4/h7,9,15,23-25,28-29,33-35,37,40,52,55-56,58,60H,5-6,8,10-14,16-22H2,1-4H3,(H,47,64)(H,48,67)(H,49,61)(H,50,63)(H,51,65)(H,53,62)/t23?,24-,25+,28+,29-,33-,34-,35+,37-,40-/m0/s1. The summed E-state index contributed by atoms with van der Waals surface area (Å²) in [4.78, 5) is 129. The number of rotatable bonds is 12. The molecule has 11 N–H and O–H groups in total. The lowest BCUT2D eigenvalue weighted by Gasteiger charge is -2.32. The Kier molecular flexibility index (Phi) is 20.7. The molecule has 24 heteroatoms. The Morgan fingerprint density at radius 1 is 0.971 bits per heavy atom. The minimum Gasteiger partial charge on any atom is -0.508 e. The first kappa shape index (κ1) is 55.5. The second-order valence-corrected chi connectivity index (χ2v) is 20.1. The van der Waals surface area contributed by atoms with Crippen LogP contribution in [0.5, 0.6) is 5.75 Å². The van der Waals surface area contributed by atoms with E-state index in [1.165, 1.54) is 35.7 Å². The van der Waals surface area contributed by atoms with Crippen LogP contribution in [0.25, 0.3) is 10.9 Å². The summed E-state index contributed by atoms with van der Waals surface area (Å²) in [5.41, 5.74) is 0.818. The lowest BCUT2D eigenvalue weighted by atomic mass is 9.83. The predicted octanol–water partition coefficient (Wildman–Crippen LogP) is -0.618. The molecule has 5 rings (SSSR count). The van der Waals surface area contributed by atoms with Crippen molar-refractivity contribution < 1.29 is 68.3 Å². The molecule has 0 radical (unpaired) electrons. The van der Waals surface area contributed by atoms with Crippen LogP contribution in [0.15, 0.2) is 23.2 Å². The van der Waals surface area contributed by atoms with Gasteiger partial charge in [-0.15, -0.1) is 11.8 Å². The molecule has 10 atom stereocenters. The van der Waals surface area contributed by atoms with Crippen molar-refractivity contribution >= 4 is 87.5 Å². The van der Waals surface area contributed by atoms with Gasteiger partial charge >= 0.3 is 6.09 Å². The van der Waals surface area contributed by atoms with Gasteiger partial charge in [-0.25, -0.2) is 4.79 Å². The van der Waals surface area contributed by atoms with Gasteiger partial charge < -0.3 is 66.9 Å². The molecule has 386 valence electrons. The summed E-state index contributed by atoms with van der Waals surface area (Å²) in [6, 6.07) is -1.93. The van der Waals surface area contributed by atoms with E-state index in [0.717, 1.165) is 11.8 Å². The second-order valence-electron chi connectivity index (χ2n) is 18.1. The Morgan fingerprint density at radius 3 is 2.44 bits per heavy atom. The minimum absolute atomic E-state index is 0.0208. The number of thioether (sulfide) groups is 2. The Morgan fingerprint density at radius 2 is 1.73 bits per heavy atom. The third-order valence-electron chi connectivity index (χ3n) is 13.1. The molecule has 1 saturated heterocycles. The number of ketones is 2. The number of alkyl carbamates (subject to hydrolysis) is 1. The molecule has 70 heavy (non-hydrogen) atoms. The number of fused-ring (bicyclic) bond motifs is 5. The Balaban J connectivity index is 1.65. The molecule has 1 fully saturated rings. The molecule has 22 nitrogen and oxygen atoms in total. The maximum absolute atomic E-state index is 14.7.